The summed E-state index contributed by atoms with van der Waals surface area (Å²) in [6.45, 7) is 0.675. The molecule has 0 fully saturated rings. The Morgan fingerprint density at radius 2 is 0.463 bits per heavy atom. The fourth-order valence-electron chi connectivity index (χ4n) is 5.59. The molecule has 0 saturated carbocycles. The molecule has 0 heterocycles. The predicted octanol–water partition coefficient (Wildman–Crippen LogP) is 10.5. The molecular weight excluding hydrogens is 512 g/mol. The normalized spacial score (nSPS) is 11.3. The van der Waals surface area contributed by atoms with Gasteiger partial charge in [-0.25, -0.2) is 0 Å². The van der Waals surface area contributed by atoms with E-state index in [2.05, 4.69) is 0 Å². The first-order valence-electron chi connectivity index (χ1n) is 18.2. The quantitative estimate of drug-likeness (QED) is 0.0448. The Balaban J connectivity index is 3.27. The van der Waals surface area contributed by atoms with E-state index >= 15 is 0 Å². The number of carbonyl (C=O) groups is 2. The van der Waals surface area contributed by atoms with Crippen molar-refractivity contribution >= 4 is 11.9 Å². The maximum atomic E-state index is 11.9. The van der Waals surface area contributed by atoms with Crippen molar-refractivity contribution in [3.63, 3.8) is 0 Å². The molecule has 0 aliphatic carbocycles. The minimum absolute atomic E-state index is 0.338. The molecule has 0 aromatic carbocycles. The number of aliphatic hydroxyl groups is 2. The Morgan fingerprint density at radius 1 is 0.293 bits per heavy atom. The summed E-state index contributed by atoms with van der Waals surface area (Å²) in [7, 11) is 0. The summed E-state index contributed by atoms with van der Waals surface area (Å²) in [6, 6.07) is 0. The minimum Gasteiger partial charge on any atom is -0.396 e. The number of rotatable bonds is 34. The zero-order valence-electron chi connectivity index (χ0n) is 27.2. The van der Waals surface area contributed by atoms with E-state index in [-0.39, 0.29) is 11.9 Å². The van der Waals surface area contributed by atoms with E-state index < -0.39 is 0 Å². The fourth-order valence-corrected chi connectivity index (χ4v) is 5.59. The van der Waals surface area contributed by atoms with E-state index in [0.717, 1.165) is 38.5 Å². The van der Waals surface area contributed by atoms with Crippen molar-refractivity contribution in [2.24, 2.45) is 0 Å². The molecule has 0 aromatic rings. The number of carbonyl (C=O) groups excluding carboxylic acids is 2. The Hall–Kier alpha value is -0.940. The number of ether oxygens (including phenoxy) is 1. The van der Waals surface area contributed by atoms with Crippen LogP contribution in [0.25, 0.3) is 0 Å². The lowest BCUT2D eigenvalue weighted by Gasteiger charge is -2.05. The van der Waals surface area contributed by atoms with Crippen LogP contribution >= 0.6 is 0 Å². The van der Waals surface area contributed by atoms with Gasteiger partial charge >= 0.3 is 11.9 Å². The second-order valence-corrected chi connectivity index (χ2v) is 12.4. The smallest absolute Gasteiger partial charge is 0.313 e. The van der Waals surface area contributed by atoms with Crippen molar-refractivity contribution in [2.75, 3.05) is 13.2 Å². The lowest BCUT2D eigenvalue weighted by molar-refractivity contribution is -0.159. The second kappa shape index (κ2) is 35.3. The fraction of sp³-hybridized carbons (Fsp3) is 0.944. The molecule has 0 atom stereocenters. The van der Waals surface area contributed by atoms with Gasteiger partial charge in [0.05, 0.1) is 0 Å². The Kier molecular flexibility index (Phi) is 34.4. The molecule has 0 aromatic heterocycles. The van der Waals surface area contributed by atoms with E-state index in [1.165, 1.54) is 154 Å². The van der Waals surface area contributed by atoms with Crippen LogP contribution in [0.5, 0.6) is 0 Å². The topological polar surface area (TPSA) is 83.8 Å². The van der Waals surface area contributed by atoms with Gasteiger partial charge in [-0.15, -0.1) is 0 Å². The third-order valence-electron chi connectivity index (χ3n) is 8.31. The lowest BCUT2D eigenvalue weighted by atomic mass is 10.0. The van der Waals surface area contributed by atoms with Crippen LogP contribution in [0, 0.1) is 0 Å². The molecule has 244 valence electrons. The van der Waals surface area contributed by atoms with Crippen LogP contribution in [-0.4, -0.2) is 35.4 Å². The first kappa shape index (κ1) is 40.1. The van der Waals surface area contributed by atoms with Gasteiger partial charge in [0.1, 0.15) is 0 Å². The van der Waals surface area contributed by atoms with E-state index in [9.17, 15) is 9.59 Å². The van der Waals surface area contributed by atoms with Gasteiger partial charge in [-0.05, 0) is 25.7 Å². The van der Waals surface area contributed by atoms with E-state index in [1.54, 1.807) is 0 Å². The molecule has 5 heteroatoms. The number of aliphatic hydroxyl groups excluding tert-OH is 2. The van der Waals surface area contributed by atoms with Crippen LogP contribution in [0.1, 0.15) is 205 Å². The van der Waals surface area contributed by atoms with Gasteiger partial charge in [0.15, 0.2) is 0 Å². The summed E-state index contributed by atoms with van der Waals surface area (Å²) in [5.41, 5.74) is 0. The highest BCUT2D eigenvalue weighted by atomic mass is 16.6. The third-order valence-corrected chi connectivity index (χ3v) is 8.31. The van der Waals surface area contributed by atoms with Crippen molar-refractivity contribution in [3.05, 3.63) is 0 Å². The van der Waals surface area contributed by atoms with Crippen molar-refractivity contribution in [1.29, 1.82) is 0 Å². The molecule has 0 spiro atoms. The van der Waals surface area contributed by atoms with Crippen LogP contribution in [0.4, 0.5) is 0 Å². The van der Waals surface area contributed by atoms with Crippen LogP contribution in [-0.2, 0) is 14.3 Å². The molecule has 0 aliphatic rings. The van der Waals surface area contributed by atoms with Gasteiger partial charge in [0.25, 0.3) is 0 Å². The van der Waals surface area contributed by atoms with Crippen molar-refractivity contribution in [1.82, 2.24) is 0 Å². The first-order valence-corrected chi connectivity index (χ1v) is 18.2. The van der Waals surface area contributed by atoms with Crippen LogP contribution < -0.4 is 0 Å². The zero-order valence-corrected chi connectivity index (χ0v) is 27.2. The monoisotopic (exact) mass is 583 g/mol. The summed E-state index contributed by atoms with van der Waals surface area (Å²) in [5.74, 6) is -0.685. The maximum absolute atomic E-state index is 11.9. The second-order valence-electron chi connectivity index (χ2n) is 12.4. The Labute approximate surface area is 255 Å². The molecule has 0 amide bonds. The molecule has 0 saturated heterocycles. The largest absolute Gasteiger partial charge is 0.396 e. The minimum atomic E-state index is -0.343. The molecule has 2 N–H and O–H groups in total. The number of esters is 2. The molecule has 5 nitrogen and oxygen atoms in total. The van der Waals surface area contributed by atoms with E-state index in [0.29, 0.717) is 26.1 Å². The molecular formula is C36H70O5. The van der Waals surface area contributed by atoms with Gasteiger partial charge in [0.2, 0.25) is 0 Å². The first-order chi connectivity index (χ1) is 20.2. The summed E-state index contributed by atoms with van der Waals surface area (Å²) in [5, 5.41) is 17.5. The number of hydrogen-bond acceptors (Lipinski definition) is 5. The molecule has 41 heavy (non-hydrogen) atoms. The molecule has 0 unspecified atom stereocenters. The summed E-state index contributed by atoms with van der Waals surface area (Å²) >= 11 is 0. The van der Waals surface area contributed by atoms with E-state index in [1.807, 2.05) is 0 Å². The van der Waals surface area contributed by atoms with Crippen LogP contribution in [0.15, 0.2) is 0 Å². The lowest BCUT2D eigenvalue weighted by Crippen LogP contribution is -2.11. The standard InChI is InChI=1S/C36H70O5/c37-33-29-25-21-17-13-9-5-1-3-7-11-15-19-23-27-31-35(39)41-36(40)32-28-24-20-16-12-8-4-2-6-10-14-18-22-26-30-34-38/h37-38H,1-34H2. The SMILES string of the molecule is O=C(CCCCCCCCCCCCCCCCCO)OC(=O)CCCCCCCCCCCCCCCCCO. The highest BCUT2D eigenvalue weighted by Gasteiger charge is 2.10. The van der Waals surface area contributed by atoms with Gasteiger partial charge in [-0.2, -0.15) is 0 Å². The highest BCUT2D eigenvalue weighted by Crippen LogP contribution is 2.15. The molecule has 0 rings (SSSR count). The number of hydrogen-bond donors (Lipinski definition) is 2. The molecule has 0 radical (unpaired) electrons. The van der Waals surface area contributed by atoms with Gasteiger partial charge in [-0.1, -0.05) is 167 Å². The van der Waals surface area contributed by atoms with Crippen molar-refractivity contribution in [3.8, 4) is 0 Å². The number of unbranched alkanes of at least 4 members (excludes halogenated alkanes) is 28. The van der Waals surface area contributed by atoms with Gasteiger partial charge in [0, 0.05) is 26.1 Å². The van der Waals surface area contributed by atoms with Crippen LogP contribution in [0.2, 0.25) is 0 Å². The van der Waals surface area contributed by atoms with Crippen molar-refractivity contribution in [2.45, 2.75) is 205 Å². The molecule has 0 bridgehead atoms. The summed E-state index contributed by atoms with van der Waals surface area (Å²) in [4.78, 5) is 23.8. The average Bonchev–Trinajstić information content (AvgIpc) is 2.96. The maximum Gasteiger partial charge on any atom is 0.313 e. The average molecular weight is 583 g/mol. The Bertz CT molecular complexity index is 490. The Morgan fingerprint density at radius 3 is 0.659 bits per heavy atom. The van der Waals surface area contributed by atoms with Crippen molar-refractivity contribution < 1.29 is 24.5 Å². The van der Waals surface area contributed by atoms with Gasteiger partial charge in [-0.3, -0.25) is 9.59 Å². The highest BCUT2D eigenvalue weighted by molar-refractivity contribution is 5.85. The zero-order chi connectivity index (χ0) is 29.9. The van der Waals surface area contributed by atoms with E-state index in [4.69, 9.17) is 14.9 Å². The summed E-state index contributed by atoms with van der Waals surface area (Å²) < 4.78 is 5.00. The summed E-state index contributed by atoms with van der Waals surface area (Å²) in [6.07, 6.45) is 37.5. The van der Waals surface area contributed by atoms with Gasteiger partial charge < -0.3 is 14.9 Å². The molecule has 0 aliphatic heterocycles. The van der Waals surface area contributed by atoms with Crippen LogP contribution in [0.3, 0.4) is 0 Å². The third kappa shape index (κ3) is 35.2. The predicted molar refractivity (Wildman–Crippen MR) is 173 cm³/mol.